The number of thiocarbonyl (C=S) groups is 1. The normalized spacial score (nSPS) is 19.4. The molecule has 1 aromatic rings. The highest BCUT2D eigenvalue weighted by atomic mass is 32.1. The summed E-state index contributed by atoms with van der Waals surface area (Å²) in [4.78, 5) is 18.7. The minimum Gasteiger partial charge on any atom is -0.391 e. The highest BCUT2D eigenvalue weighted by Crippen LogP contribution is 2.11. The van der Waals surface area contributed by atoms with Crippen molar-refractivity contribution in [2.24, 2.45) is 5.73 Å². The molecule has 2 rings (SSSR count). The third kappa shape index (κ3) is 3.10. The average molecular weight is 282 g/mol. The van der Waals surface area contributed by atoms with Gasteiger partial charge in [-0.1, -0.05) is 19.1 Å². The van der Waals surface area contributed by atoms with Crippen LogP contribution in [0.4, 0.5) is 5.82 Å². The molecule has 0 bridgehead atoms. The number of anilines is 1. The van der Waals surface area contributed by atoms with Gasteiger partial charge >= 0.3 is 0 Å². The highest BCUT2D eigenvalue weighted by molar-refractivity contribution is 7.80. The average Bonchev–Trinajstić information content (AvgIpc) is 2.41. The number of nitrogens with zero attached hydrogens (tertiary/aromatic N) is 3. The van der Waals surface area contributed by atoms with Crippen LogP contribution in [0.1, 0.15) is 13.3 Å². The second-order valence-electron chi connectivity index (χ2n) is 4.46. The quantitative estimate of drug-likeness (QED) is 0.792. The minimum atomic E-state index is -0.315. The van der Waals surface area contributed by atoms with Gasteiger partial charge in [0.2, 0.25) is 0 Å². The van der Waals surface area contributed by atoms with Crippen LogP contribution in [0.2, 0.25) is 0 Å². The van der Waals surface area contributed by atoms with E-state index in [0.717, 1.165) is 6.42 Å². The zero-order valence-corrected chi connectivity index (χ0v) is 11.7. The molecule has 1 unspecified atom stereocenters. The Morgan fingerprint density at radius 1 is 1.68 bits per heavy atom. The molecule has 0 spiro atoms. The number of hydrogen-bond donors (Lipinski definition) is 1. The Balaban J connectivity index is 2.24. The maximum atomic E-state index is 12.3. The van der Waals surface area contributed by atoms with Crippen LogP contribution < -0.4 is 16.2 Å². The van der Waals surface area contributed by atoms with Gasteiger partial charge < -0.3 is 19.9 Å². The number of aromatic nitrogens is 2. The van der Waals surface area contributed by atoms with Gasteiger partial charge in [-0.25, -0.2) is 4.98 Å². The summed E-state index contributed by atoms with van der Waals surface area (Å²) >= 11 is 4.94. The number of morpholine rings is 1. The van der Waals surface area contributed by atoms with Crippen molar-refractivity contribution in [3.8, 4) is 0 Å². The van der Waals surface area contributed by atoms with Gasteiger partial charge in [0.15, 0.2) is 5.82 Å². The van der Waals surface area contributed by atoms with Crippen LogP contribution in [0.5, 0.6) is 0 Å². The van der Waals surface area contributed by atoms with Crippen LogP contribution in [-0.4, -0.2) is 40.3 Å². The predicted octanol–water partition coefficient (Wildman–Crippen LogP) is 0.145. The molecule has 0 aliphatic carbocycles. The monoisotopic (exact) mass is 282 g/mol. The molecule has 1 aliphatic heterocycles. The molecule has 1 aliphatic rings. The van der Waals surface area contributed by atoms with Gasteiger partial charge in [-0.15, -0.1) is 0 Å². The summed E-state index contributed by atoms with van der Waals surface area (Å²) < 4.78 is 7.14. The van der Waals surface area contributed by atoms with Crippen LogP contribution in [0.15, 0.2) is 17.2 Å². The maximum absolute atomic E-state index is 12.3. The summed E-state index contributed by atoms with van der Waals surface area (Å²) in [5.74, 6) is 0.445. The molecule has 0 amide bonds. The molecule has 0 radical (unpaired) electrons. The Bertz CT molecular complexity index is 517. The van der Waals surface area contributed by atoms with Crippen LogP contribution in [0, 0.1) is 0 Å². The van der Waals surface area contributed by atoms with Crippen molar-refractivity contribution in [3.05, 3.63) is 22.7 Å². The lowest BCUT2D eigenvalue weighted by molar-refractivity contribution is 0.0842. The first-order valence-corrected chi connectivity index (χ1v) is 6.75. The topological polar surface area (TPSA) is 73.4 Å². The Morgan fingerprint density at radius 3 is 3.16 bits per heavy atom. The van der Waals surface area contributed by atoms with Crippen molar-refractivity contribution in [1.29, 1.82) is 0 Å². The number of hydrogen-bond acceptors (Lipinski definition) is 5. The van der Waals surface area contributed by atoms with Crippen LogP contribution in [0.25, 0.3) is 0 Å². The van der Waals surface area contributed by atoms with E-state index in [4.69, 9.17) is 22.7 Å². The van der Waals surface area contributed by atoms with Crippen molar-refractivity contribution in [2.45, 2.75) is 26.0 Å². The Morgan fingerprint density at radius 2 is 2.47 bits per heavy atom. The smallest absolute Gasteiger partial charge is 0.293 e. The van der Waals surface area contributed by atoms with Crippen molar-refractivity contribution in [2.75, 3.05) is 24.6 Å². The SMILES string of the molecule is CCCn1ccnc(N2CCOC(C(N)=S)C2)c1=O. The summed E-state index contributed by atoms with van der Waals surface area (Å²) in [6, 6.07) is 0. The van der Waals surface area contributed by atoms with Crippen LogP contribution in [-0.2, 0) is 11.3 Å². The Kier molecular flexibility index (Phi) is 4.49. The van der Waals surface area contributed by atoms with Gasteiger partial charge in [0.1, 0.15) is 11.1 Å². The van der Waals surface area contributed by atoms with Crippen LogP contribution in [0.3, 0.4) is 0 Å². The second kappa shape index (κ2) is 6.12. The Labute approximate surface area is 117 Å². The number of ether oxygens (including phenoxy) is 1. The molecule has 7 heteroatoms. The molecule has 19 heavy (non-hydrogen) atoms. The van der Waals surface area contributed by atoms with Crippen LogP contribution >= 0.6 is 12.2 Å². The van der Waals surface area contributed by atoms with E-state index in [1.807, 2.05) is 11.8 Å². The third-order valence-corrected chi connectivity index (χ3v) is 3.31. The molecule has 1 atom stereocenters. The molecule has 104 valence electrons. The van der Waals surface area contributed by atoms with Crippen molar-refractivity contribution >= 4 is 23.0 Å². The molecular weight excluding hydrogens is 264 g/mol. The lowest BCUT2D eigenvalue weighted by Gasteiger charge is -2.32. The van der Waals surface area contributed by atoms with Gasteiger partial charge in [-0.05, 0) is 6.42 Å². The fourth-order valence-electron chi connectivity index (χ4n) is 2.08. The first-order valence-electron chi connectivity index (χ1n) is 6.34. The fraction of sp³-hybridized carbons (Fsp3) is 0.583. The van der Waals surface area contributed by atoms with Crippen molar-refractivity contribution in [3.63, 3.8) is 0 Å². The van der Waals surface area contributed by atoms with E-state index < -0.39 is 0 Å². The van der Waals surface area contributed by atoms with E-state index in [2.05, 4.69) is 4.98 Å². The first-order chi connectivity index (χ1) is 9.13. The number of rotatable bonds is 4. The molecule has 6 nitrogen and oxygen atoms in total. The largest absolute Gasteiger partial charge is 0.391 e. The first kappa shape index (κ1) is 14.0. The minimum absolute atomic E-state index is 0.0760. The molecule has 1 fully saturated rings. The second-order valence-corrected chi connectivity index (χ2v) is 4.93. The molecule has 1 aromatic heterocycles. The maximum Gasteiger partial charge on any atom is 0.293 e. The van der Waals surface area contributed by atoms with Gasteiger partial charge in [0.05, 0.1) is 13.2 Å². The molecular formula is C12H18N4O2S. The summed E-state index contributed by atoms with van der Waals surface area (Å²) in [5.41, 5.74) is 5.52. The summed E-state index contributed by atoms with van der Waals surface area (Å²) in [6.45, 7) is 4.32. The van der Waals surface area contributed by atoms with E-state index >= 15 is 0 Å². The molecule has 0 saturated carbocycles. The van der Waals surface area contributed by atoms with Gasteiger partial charge in [0, 0.05) is 25.5 Å². The molecule has 2 N–H and O–H groups in total. The summed E-state index contributed by atoms with van der Waals surface area (Å²) in [5, 5.41) is 0. The van der Waals surface area contributed by atoms with Crippen molar-refractivity contribution < 1.29 is 4.74 Å². The third-order valence-electron chi connectivity index (χ3n) is 3.04. The van der Waals surface area contributed by atoms with E-state index in [1.54, 1.807) is 17.0 Å². The predicted molar refractivity (Wildman–Crippen MR) is 77.5 cm³/mol. The zero-order valence-electron chi connectivity index (χ0n) is 10.9. The standard InChI is InChI=1S/C12H18N4O2S/c1-2-4-15-5-3-14-11(12(15)17)16-6-7-18-9(8-16)10(13)19/h3,5,9H,2,4,6-8H2,1H3,(H2,13,19). The summed E-state index contributed by atoms with van der Waals surface area (Å²) in [7, 11) is 0. The number of nitrogens with two attached hydrogens (primary N) is 1. The van der Waals surface area contributed by atoms with E-state index in [1.165, 1.54) is 0 Å². The van der Waals surface area contributed by atoms with Gasteiger partial charge in [-0.2, -0.15) is 0 Å². The molecule has 2 heterocycles. The highest BCUT2D eigenvalue weighted by Gasteiger charge is 2.25. The lowest BCUT2D eigenvalue weighted by Crippen LogP contribution is -2.49. The lowest BCUT2D eigenvalue weighted by atomic mass is 10.2. The zero-order chi connectivity index (χ0) is 13.8. The van der Waals surface area contributed by atoms with Crippen molar-refractivity contribution in [1.82, 2.24) is 9.55 Å². The Hall–Kier alpha value is -1.47. The number of aryl methyl sites for hydroxylation is 1. The molecule has 1 saturated heterocycles. The van der Waals surface area contributed by atoms with E-state index in [9.17, 15) is 4.79 Å². The van der Waals surface area contributed by atoms with Gasteiger partial charge in [0.25, 0.3) is 5.56 Å². The fourth-order valence-corrected chi connectivity index (χ4v) is 2.23. The molecule has 0 aromatic carbocycles. The van der Waals surface area contributed by atoms with E-state index in [0.29, 0.717) is 37.0 Å². The van der Waals surface area contributed by atoms with E-state index in [-0.39, 0.29) is 11.7 Å². The summed E-state index contributed by atoms with van der Waals surface area (Å²) in [6.07, 6.45) is 3.95. The van der Waals surface area contributed by atoms with Gasteiger partial charge in [-0.3, -0.25) is 4.79 Å².